The molecule has 0 aromatic carbocycles. The zero-order chi connectivity index (χ0) is 13.0. The molecule has 0 unspecified atom stereocenters. The van der Waals surface area contributed by atoms with Crippen LogP contribution in [0.4, 0.5) is 5.69 Å². The van der Waals surface area contributed by atoms with Crippen LogP contribution >= 0.6 is 0 Å². The maximum Gasteiger partial charge on any atom is 0.253 e. The molecule has 0 saturated carbocycles. The number of carbonyl (C=O) groups is 1. The van der Waals surface area contributed by atoms with Crippen LogP contribution in [-0.4, -0.2) is 32.2 Å². The highest BCUT2D eigenvalue weighted by molar-refractivity contribution is 5.98. The third-order valence-corrected chi connectivity index (χ3v) is 2.38. The normalized spacial score (nSPS) is 10.3. The number of amides is 1. The van der Waals surface area contributed by atoms with Crippen LogP contribution in [0.5, 0.6) is 0 Å². The van der Waals surface area contributed by atoms with Gasteiger partial charge < -0.3 is 11.1 Å². The molecule has 0 bridgehead atoms. The summed E-state index contributed by atoms with van der Waals surface area (Å²) < 4.78 is 1.62. The number of hydrogen-bond donors (Lipinski definition) is 2. The van der Waals surface area contributed by atoms with Gasteiger partial charge in [-0.25, -0.2) is 4.98 Å². The zero-order valence-corrected chi connectivity index (χ0v) is 10.00. The first-order chi connectivity index (χ1) is 8.66. The number of nitrogen functional groups attached to an aromatic ring is 1. The van der Waals surface area contributed by atoms with Crippen molar-refractivity contribution in [3.8, 4) is 0 Å². The van der Waals surface area contributed by atoms with Crippen molar-refractivity contribution in [2.75, 3.05) is 12.3 Å². The fourth-order valence-electron chi connectivity index (χ4n) is 1.49. The van der Waals surface area contributed by atoms with Crippen LogP contribution in [-0.2, 0) is 13.5 Å². The van der Waals surface area contributed by atoms with E-state index in [1.165, 1.54) is 12.4 Å². The Balaban J connectivity index is 1.87. The quantitative estimate of drug-likeness (QED) is 0.776. The predicted octanol–water partition coefficient (Wildman–Crippen LogP) is -0.235. The average Bonchev–Trinajstić information content (AvgIpc) is 2.75. The van der Waals surface area contributed by atoms with E-state index in [1.807, 2.05) is 0 Å². The average molecular weight is 246 g/mol. The number of nitrogens with one attached hydrogen (secondary N) is 1. The number of aryl methyl sites for hydroxylation is 1. The first-order valence-corrected chi connectivity index (χ1v) is 5.49. The summed E-state index contributed by atoms with van der Waals surface area (Å²) in [7, 11) is 1.80. The molecule has 94 valence electrons. The van der Waals surface area contributed by atoms with Crippen molar-refractivity contribution in [2.45, 2.75) is 6.42 Å². The van der Waals surface area contributed by atoms with E-state index >= 15 is 0 Å². The smallest absolute Gasteiger partial charge is 0.253 e. The van der Waals surface area contributed by atoms with Gasteiger partial charge in [-0.3, -0.25) is 14.5 Å². The summed E-state index contributed by atoms with van der Waals surface area (Å²) in [6, 6.07) is 1.59. The maximum absolute atomic E-state index is 11.8. The van der Waals surface area contributed by atoms with E-state index in [-0.39, 0.29) is 5.91 Å². The molecule has 18 heavy (non-hydrogen) atoms. The van der Waals surface area contributed by atoms with Crippen LogP contribution < -0.4 is 11.1 Å². The Kier molecular flexibility index (Phi) is 3.52. The molecule has 0 spiro atoms. The summed E-state index contributed by atoms with van der Waals surface area (Å²) in [6.07, 6.45) is 5.19. The number of nitrogens with zero attached hydrogens (tertiary/aromatic N) is 4. The lowest BCUT2D eigenvalue weighted by Gasteiger charge is -2.05. The molecular weight excluding hydrogens is 232 g/mol. The minimum Gasteiger partial charge on any atom is -0.397 e. The van der Waals surface area contributed by atoms with Gasteiger partial charge in [-0.2, -0.15) is 5.10 Å². The van der Waals surface area contributed by atoms with Crippen molar-refractivity contribution in [1.82, 2.24) is 25.1 Å². The van der Waals surface area contributed by atoms with Crippen molar-refractivity contribution < 1.29 is 4.79 Å². The molecule has 3 N–H and O–H groups in total. The molecule has 0 fully saturated rings. The van der Waals surface area contributed by atoms with Crippen LogP contribution in [0.1, 0.15) is 16.2 Å². The molecule has 2 rings (SSSR count). The summed E-state index contributed by atoms with van der Waals surface area (Å²) in [5.74, 6) is 0.478. The van der Waals surface area contributed by atoms with Gasteiger partial charge in [0.2, 0.25) is 0 Å². The molecule has 7 heteroatoms. The van der Waals surface area contributed by atoms with Crippen molar-refractivity contribution in [3.05, 3.63) is 36.2 Å². The van der Waals surface area contributed by atoms with Gasteiger partial charge in [-0.1, -0.05) is 0 Å². The molecule has 0 saturated heterocycles. The molecule has 2 aromatic rings. The summed E-state index contributed by atoms with van der Waals surface area (Å²) in [5.41, 5.74) is 6.45. The van der Waals surface area contributed by atoms with E-state index in [9.17, 15) is 4.79 Å². The van der Waals surface area contributed by atoms with Crippen LogP contribution in [0.2, 0.25) is 0 Å². The standard InChI is InChI=1S/C11H14N6O/c1-17-7-15-10(16-17)3-5-14-11(18)8-2-4-13-6-9(8)12/h2,4,6-7H,3,5,12H2,1H3,(H,14,18). The first kappa shape index (κ1) is 12.0. The maximum atomic E-state index is 11.8. The van der Waals surface area contributed by atoms with Gasteiger partial charge in [0, 0.05) is 26.2 Å². The SMILES string of the molecule is Cn1cnc(CCNC(=O)c2ccncc2N)n1. The highest BCUT2D eigenvalue weighted by atomic mass is 16.1. The largest absolute Gasteiger partial charge is 0.397 e. The number of carbonyl (C=O) groups excluding carboxylic acids is 1. The Hall–Kier alpha value is -2.44. The van der Waals surface area contributed by atoms with E-state index < -0.39 is 0 Å². The monoisotopic (exact) mass is 246 g/mol. The second-order valence-corrected chi connectivity index (χ2v) is 3.80. The second-order valence-electron chi connectivity index (χ2n) is 3.80. The number of nitrogens with two attached hydrogens (primary N) is 1. The summed E-state index contributed by atoms with van der Waals surface area (Å²) >= 11 is 0. The molecule has 7 nitrogen and oxygen atoms in total. The number of hydrogen-bond acceptors (Lipinski definition) is 5. The van der Waals surface area contributed by atoms with Gasteiger partial charge in [0.1, 0.15) is 6.33 Å². The van der Waals surface area contributed by atoms with Gasteiger partial charge in [0.05, 0.1) is 17.4 Å². The second kappa shape index (κ2) is 5.26. The predicted molar refractivity (Wildman–Crippen MR) is 65.7 cm³/mol. The number of aromatic nitrogens is 4. The zero-order valence-electron chi connectivity index (χ0n) is 10.00. The van der Waals surface area contributed by atoms with Crippen LogP contribution in [0, 0.1) is 0 Å². The number of anilines is 1. The van der Waals surface area contributed by atoms with Crippen LogP contribution in [0.3, 0.4) is 0 Å². The Morgan fingerprint density at radius 3 is 3.06 bits per heavy atom. The van der Waals surface area contributed by atoms with Gasteiger partial charge in [0.15, 0.2) is 5.82 Å². The van der Waals surface area contributed by atoms with Gasteiger partial charge in [-0.05, 0) is 6.07 Å². The molecule has 0 aliphatic heterocycles. The number of rotatable bonds is 4. The van der Waals surface area contributed by atoms with Crippen molar-refractivity contribution in [1.29, 1.82) is 0 Å². The Morgan fingerprint density at radius 1 is 1.56 bits per heavy atom. The van der Waals surface area contributed by atoms with Crippen molar-refractivity contribution in [3.63, 3.8) is 0 Å². The third-order valence-electron chi connectivity index (χ3n) is 2.38. The lowest BCUT2D eigenvalue weighted by atomic mass is 10.2. The lowest BCUT2D eigenvalue weighted by molar-refractivity contribution is 0.0955. The molecule has 2 heterocycles. The highest BCUT2D eigenvalue weighted by Gasteiger charge is 2.08. The molecule has 0 aliphatic rings. The van der Waals surface area contributed by atoms with Crippen molar-refractivity contribution in [2.24, 2.45) is 7.05 Å². The Morgan fingerprint density at radius 2 is 2.39 bits per heavy atom. The molecule has 0 radical (unpaired) electrons. The van der Waals surface area contributed by atoms with Gasteiger partial charge in [0.25, 0.3) is 5.91 Å². The van der Waals surface area contributed by atoms with Crippen molar-refractivity contribution >= 4 is 11.6 Å². The van der Waals surface area contributed by atoms with E-state index in [0.717, 1.165) is 0 Å². The topological polar surface area (TPSA) is 98.7 Å². The third kappa shape index (κ3) is 2.82. The fourth-order valence-corrected chi connectivity index (χ4v) is 1.49. The summed E-state index contributed by atoms with van der Waals surface area (Å²) in [4.78, 5) is 19.7. The first-order valence-electron chi connectivity index (χ1n) is 5.49. The van der Waals surface area contributed by atoms with Gasteiger partial charge in [-0.15, -0.1) is 0 Å². The molecule has 1 amide bonds. The van der Waals surface area contributed by atoms with E-state index in [1.54, 1.807) is 24.1 Å². The molecular formula is C11H14N6O. The van der Waals surface area contributed by atoms with E-state index in [2.05, 4.69) is 20.4 Å². The summed E-state index contributed by atoms with van der Waals surface area (Å²) in [5, 5.41) is 6.88. The number of pyridine rings is 1. The minimum absolute atomic E-state index is 0.217. The van der Waals surface area contributed by atoms with Crippen LogP contribution in [0.15, 0.2) is 24.8 Å². The fraction of sp³-hybridized carbons (Fsp3) is 0.273. The lowest BCUT2D eigenvalue weighted by Crippen LogP contribution is -2.26. The van der Waals surface area contributed by atoms with Crippen LogP contribution in [0.25, 0.3) is 0 Å². The van der Waals surface area contributed by atoms with E-state index in [0.29, 0.717) is 30.0 Å². The minimum atomic E-state index is -0.217. The molecule has 0 aliphatic carbocycles. The Labute approximate surface area is 104 Å². The molecule has 2 aromatic heterocycles. The van der Waals surface area contributed by atoms with E-state index in [4.69, 9.17) is 5.73 Å². The van der Waals surface area contributed by atoms with Gasteiger partial charge >= 0.3 is 0 Å². The Bertz CT molecular complexity index is 550. The highest BCUT2D eigenvalue weighted by Crippen LogP contribution is 2.07. The summed E-state index contributed by atoms with van der Waals surface area (Å²) in [6.45, 7) is 0.463. The molecule has 0 atom stereocenters.